The third kappa shape index (κ3) is 2.81. The highest BCUT2D eigenvalue weighted by atomic mass is 19.1. The second-order valence-electron chi connectivity index (χ2n) is 3.21. The molecule has 2 N–H and O–H groups in total. The summed E-state index contributed by atoms with van der Waals surface area (Å²) in [7, 11) is 0. The van der Waals surface area contributed by atoms with E-state index in [4.69, 9.17) is 5.73 Å². The maximum absolute atomic E-state index is 13.1. The van der Waals surface area contributed by atoms with Gasteiger partial charge in [0.1, 0.15) is 6.17 Å². The van der Waals surface area contributed by atoms with Gasteiger partial charge in [-0.25, -0.2) is 4.39 Å². The normalized spacial score (nSPS) is 12.8. The molecule has 0 radical (unpaired) electrons. The smallest absolute Gasteiger partial charge is 0.123 e. The van der Waals surface area contributed by atoms with Crippen molar-refractivity contribution in [3.63, 3.8) is 0 Å². The van der Waals surface area contributed by atoms with Crippen LogP contribution in [0, 0.1) is 0 Å². The Morgan fingerprint density at radius 3 is 2.69 bits per heavy atom. The average molecular weight is 181 g/mol. The summed E-state index contributed by atoms with van der Waals surface area (Å²) >= 11 is 0. The number of nitrogens with two attached hydrogens (primary N) is 1. The van der Waals surface area contributed by atoms with E-state index in [1.165, 1.54) is 0 Å². The maximum atomic E-state index is 13.1. The van der Waals surface area contributed by atoms with Crippen molar-refractivity contribution in [2.24, 2.45) is 5.73 Å². The van der Waals surface area contributed by atoms with E-state index in [0.29, 0.717) is 6.54 Å². The predicted octanol–water partition coefficient (Wildman–Crippen LogP) is 2.61. The molecule has 0 heterocycles. The van der Waals surface area contributed by atoms with Gasteiger partial charge in [-0.05, 0) is 37.4 Å². The molecule has 0 fully saturated rings. The van der Waals surface area contributed by atoms with E-state index in [-0.39, 0.29) is 0 Å². The number of hydrogen-bond acceptors (Lipinski definition) is 1. The first-order valence-electron chi connectivity index (χ1n) is 4.67. The molecular weight excluding hydrogens is 165 g/mol. The monoisotopic (exact) mass is 181 g/mol. The molecule has 0 aliphatic rings. The number of benzene rings is 1. The molecule has 0 aromatic heterocycles. The molecule has 0 spiro atoms. The first kappa shape index (κ1) is 10.2. The molecule has 0 saturated heterocycles. The molecule has 0 bridgehead atoms. The van der Waals surface area contributed by atoms with E-state index >= 15 is 0 Å². The van der Waals surface area contributed by atoms with Gasteiger partial charge in [0.25, 0.3) is 0 Å². The van der Waals surface area contributed by atoms with Gasteiger partial charge in [-0.2, -0.15) is 0 Å². The molecule has 13 heavy (non-hydrogen) atoms. The third-order valence-corrected chi connectivity index (χ3v) is 2.13. The van der Waals surface area contributed by atoms with Crippen LogP contribution in [0.5, 0.6) is 0 Å². The summed E-state index contributed by atoms with van der Waals surface area (Å²) in [6.45, 7) is 2.23. The largest absolute Gasteiger partial charge is 0.330 e. The van der Waals surface area contributed by atoms with Crippen molar-refractivity contribution in [3.8, 4) is 0 Å². The number of alkyl halides is 1. The van der Waals surface area contributed by atoms with Gasteiger partial charge in [0.05, 0.1) is 0 Å². The van der Waals surface area contributed by atoms with Gasteiger partial charge >= 0.3 is 0 Å². The standard InChI is InChI=1S/C11H16FN/c1-9(12)11-7-3-2-5-10(11)6-4-8-13/h2-3,5,7,9H,4,6,8,13H2,1H3. The van der Waals surface area contributed by atoms with Crippen molar-refractivity contribution < 1.29 is 4.39 Å². The first-order valence-corrected chi connectivity index (χ1v) is 4.67. The zero-order chi connectivity index (χ0) is 9.68. The van der Waals surface area contributed by atoms with Gasteiger partial charge in [-0.3, -0.25) is 0 Å². The molecule has 1 atom stereocenters. The van der Waals surface area contributed by atoms with E-state index in [2.05, 4.69) is 0 Å². The summed E-state index contributed by atoms with van der Waals surface area (Å²) in [4.78, 5) is 0. The molecule has 0 saturated carbocycles. The molecule has 1 rings (SSSR count). The van der Waals surface area contributed by atoms with E-state index < -0.39 is 6.17 Å². The maximum Gasteiger partial charge on any atom is 0.123 e. The Hall–Kier alpha value is -0.890. The van der Waals surface area contributed by atoms with Crippen LogP contribution in [0.2, 0.25) is 0 Å². The summed E-state index contributed by atoms with van der Waals surface area (Å²) in [5.41, 5.74) is 7.30. The number of aryl methyl sites for hydroxylation is 1. The van der Waals surface area contributed by atoms with E-state index in [1.54, 1.807) is 6.92 Å². The van der Waals surface area contributed by atoms with Crippen LogP contribution >= 0.6 is 0 Å². The minimum atomic E-state index is -0.881. The van der Waals surface area contributed by atoms with Crippen LogP contribution in [0.1, 0.15) is 30.6 Å². The topological polar surface area (TPSA) is 26.0 Å². The summed E-state index contributed by atoms with van der Waals surface area (Å²) in [5.74, 6) is 0. The fourth-order valence-corrected chi connectivity index (χ4v) is 1.44. The molecule has 2 heteroatoms. The van der Waals surface area contributed by atoms with Crippen molar-refractivity contribution >= 4 is 0 Å². The fraction of sp³-hybridized carbons (Fsp3) is 0.455. The zero-order valence-corrected chi connectivity index (χ0v) is 7.96. The average Bonchev–Trinajstić information content (AvgIpc) is 2.15. The van der Waals surface area contributed by atoms with Crippen molar-refractivity contribution in [2.75, 3.05) is 6.54 Å². The summed E-state index contributed by atoms with van der Waals surface area (Å²) in [5, 5.41) is 0. The molecule has 0 aliphatic carbocycles. The van der Waals surface area contributed by atoms with Gasteiger partial charge in [-0.1, -0.05) is 24.3 Å². The van der Waals surface area contributed by atoms with Gasteiger partial charge in [0.2, 0.25) is 0 Å². The van der Waals surface area contributed by atoms with Gasteiger partial charge in [0.15, 0.2) is 0 Å². The van der Waals surface area contributed by atoms with Gasteiger partial charge in [0, 0.05) is 0 Å². The molecule has 1 unspecified atom stereocenters. The number of hydrogen-bond donors (Lipinski definition) is 1. The van der Waals surface area contributed by atoms with Gasteiger partial charge < -0.3 is 5.73 Å². The van der Waals surface area contributed by atoms with Crippen LogP contribution in [0.25, 0.3) is 0 Å². The lowest BCUT2D eigenvalue weighted by Crippen LogP contribution is -2.02. The minimum absolute atomic E-state index is 0.662. The predicted molar refractivity (Wildman–Crippen MR) is 53.3 cm³/mol. The second-order valence-corrected chi connectivity index (χ2v) is 3.21. The summed E-state index contributed by atoms with van der Waals surface area (Å²) in [6.07, 6.45) is 0.916. The lowest BCUT2D eigenvalue weighted by molar-refractivity contribution is 0.371. The Labute approximate surface area is 78.8 Å². The molecule has 1 nitrogen and oxygen atoms in total. The summed E-state index contributed by atoms with van der Waals surface area (Å²) < 4.78 is 13.1. The zero-order valence-electron chi connectivity index (χ0n) is 7.96. The highest BCUT2D eigenvalue weighted by molar-refractivity contribution is 5.28. The van der Waals surface area contributed by atoms with Crippen molar-refractivity contribution in [3.05, 3.63) is 35.4 Å². The van der Waals surface area contributed by atoms with Crippen molar-refractivity contribution in [1.29, 1.82) is 0 Å². The van der Waals surface area contributed by atoms with Crippen molar-refractivity contribution in [2.45, 2.75) is 25.9 Å². The first-order chi connectivity index (χ1) is 6.25. The Balaban J connectivity index is 2.78. The quantitative estimate of drug-likeness (QED) is 0.759. The molecule has 72 valence electrons. The second kappa shape index (κ2) is 4.97. The molecular formula is C11H16FN. The highest BCUT2D eigenvalue weighted by Crippen LogP contribution is 2.21. The van der Waals surface area contributed by atoms with Crippen LogP contribution in [-0.2, 0) is 6.42 Å². The minimum Gasteiger partial charge on any atom is -0.330 e. The van der Waals surface area contributed by atoms with Crippen LogP contribution in [0.3, 0.4) is 0 Å². The molecule has 0 aliphatic heterocycles. The van der Waals surface area contributed by atoms with E-state index in [9.17, 15) is 4.39 Å². The van der Waals surface area contributed by atoms with Crippen molar-refractivity contribution in [1.82, 2.24) is 0 Å². The van der Waals surface area contributed by atoms with E-state index in [0.717, 1.165) is 24.0 Å². The van der Waals surface area contributed by atoms with Crippen LogP contribution in [0.15, 0.2) is 24.3 Å². The lowest BCUT2D eigenvalue weighted by atomic mass is 10.0. The summed E-state index contributed by atoms with van der Waals surface area (Å²) in [6, 6.07) is 7.63. The SMILES string of the molecule is CC(F)c1ccccc1CCCN. The molecule has 1 aromatic carbocycles. The Morgan fingerprint density at radius 2 is 2.08 bits per heavy atom. The van der Waals surface area contributed by atoms with Gasteiger partial charge in [-0.15, -0.1) is 0 Å². The lowest BCUT2D eigenvalue weighted by Gasteiger charge is -2.09. The van der Waals surface area contributed by atoms with Crippen LogP contribution in [-0.4, -0.2) is 6.54 Å². The number of halogens is 1. The third-order valence-electron chi connectivity index (χ3n) is 2.13. The van der Waals surface area contributed by atoms with E-state index in [1.807, 2.05) is 24.3 Å². The Bertz CT molecular complexity index is 258. The molecule has 0 amide bonds. The van der Waals surface area contributed by atoms with Crippen LogP contribution < -0.4 is 5.73 Å². The van der Waals surface area contributed by atoms with Crippen LogP contribution in [0.4, 0.5) is 4.39 Å². The fourth-order valence-electron chi connectivity index (χ4n) is 1.44. The Kier molecular flexibility index (Phi) is 3.90. The Morgan fingerprint density at radius 1 is 1.38 bits per heavy atom. The molecule has 1 aromatic rings. The number of rotatable bonds is 4. The highest BCUT2D eigenvalue weighted by Gasteiger charge is 2.07.